The Hall–Kier alpha value is -1.26. The number of hydrogen-bond donors (Lipinski definition) is 5. The Morgan fingerprint density at radius 3 is 2.39 bits per heavy atom. The monoisotopic (exact) mass is 335 g/mol. The molecule has 1 amide bonds. The van der Waals surface area contributed by atoms with Gasteiger partial charge in [-0.05, 0) is 19.8 Å². The summed E-state index contributed by atoms with van der Waals surface area (Å²) in [5.41, 5.74) is 0. The summed E-state index contributed by atoms with van der Waals surface area (Å²) in [5, 5.41) is 39.9. The van der Waals surface area contributed by atoms with Crippen LogP contribution in [0.15, 0.2) is 0 Å². The molecule has 0 bridgehead atoms. The number of hydrogen-bond acceptors (Lipinski definition) is 7. The van der Waals surface area contributed by atoms with Crippen molar-refractivity contribution in [1.29, 1.82) is 0 Å². The Labute approximate surface area is 134 Å². The fraction of sp³-hybridized carbons (Fsp3) is 0.857. The molecule has 0 aromatic carbocycles. The molecule has 1 saturated heterocycles. The minimum absolute atomic E-state index is 0.0413. The third-order valence-electron chi connectivity index (χ3n) is 3.56. The van der Waals surface area contributed by atoms with Crippen LogP contribution in [0.4, 0.5) is 0 Å². The molecule has 23 heavy (non-hydrogen) atoms. The lowest BCUT2D eigenvalue weighted by Gasteiger charge is -2.38. The van der Waals surface area contributed by atoms with Crippen molar-refractivity contribution in [2.24, 2.45) is 0 Å². The highest BCUT2D eigenvalue weighted by molar-refractivity contribution is 5.75. The Balaban J connectivity index is 2.14. The van der Waals surface area contributed by atoms with Gasteiger partial charge in [-0.1, -0.05) is 0 Å². The van der Waals surface area contributed by atoms with Crippen LogP contribution in [0.25, 0.3) is 0 Å². The molecule has 134 valence electrons. The number of amides is 1. The number of carboxylic acids is 1. The molecule has 0 radical (unpaired) electrons. The number of carbonyl (C=O) groups excluding carboxylic acids is 1. The first-order chi connectivity index (χ1) is 10.8. The van der Waals surface area contributed by atoms with Gasteiger partial charge in [0.15, 0.2) is 6.29 Å². The van der Waals surface area contributed by atoms with Crippen molar-refractivity contribution in [2.75, 3.05) is 13.2 Å². The largest absolute Gasteiger partial charge is 0.481 e. The predicted molar refractivity (Wildman–Crippen MR) is 77.4 cm³/mol. The van der Waals surface area contributed by atoms with Gasteiger partial charge in [0, 0.05) is 19.4 Å². The van der Waals surface area contributed by atoms with E-state index in [9.17, 15) is 24.9 Å². The summed E-state index contributed by atoms with van der Waals surface area (Å²) in [4.78, 5) is 21.8. The highest BCUT2D eigenvalue weighted by Crippen LogP contribution is 2.21. The maximum absolute atomic E-state index is 11.5. The highest BCUT2D eigenvalue weighted by atomic mass is 16.7. The number of aliphatic carboxylic acids is 1. The van der Waals surface area contributed by atoms with Gasteiger partial charge in [0.05, 0.1) is 12.7 Å². The van der Waals surface area contributed by atoms with Gasteiger partial charge in [-0.2, -0.15) is 0 Å². The van der Waals surface area contributed by atoms with Gasteiger partial charge in [-0.25, -0.2) is 0 Å². The SMILES string of the molecule is CC1OC(OCCNC(=O)CCCCC(=O)O)C(O)C(O)C1O. The van der Waals surface area contributed by atoms with E-state index >= 15 is 0 Å². The smallest absolute Gasteiger partial charge is 0.303 e. The second kappa shape index (κ2) is 9.78. The lowest BCUT2D eigenvalue weighted by molar-refractivity contribution is -0.292. The molecule has 0 aromatic heterocycles. The summed E-state index contributed by atoms with van der Waals surface area (Å²) in [5.74, 6) is -1.10. The zero-order valence-corrected chi connectivity index (χ0v) is 13.1. The van der Waals surface area contributed by atoms with Gasteiger partial charge in [-0.15, -0.1) is 0 Å². The quantitative estimate of drug-likeness (QED) is 0.323. The highest BCUT2D eigenvalue weighted by Gasteiger charge is 2.42. The number of unbranched alkanes of at least 4 members (excludes halogenated alkanes) is 1. The van der Waals surface area contributed by atoms with Crippen molar-refractivity contribution in [3.05, 3.63) is 0 Å². The first kappa shape index (κ1) is 19.8. The average Bonchev–Trinajstić information content (AvgIpc) is 2.50. The van der Waals surface area contributed by atoms with Crippen LogP contribution in [0.2, 0.25) is 0 Å². The number of carboxylic acid groups (broad SMARTS) is 1. The lowest BCUT2D eigenvalue weighted by Crippen LogP contribution is -2.57. The molecular formula is C14H25NO8. The fourth-order valence-corrected chi connectivity index (χ4v) is 2.17. The van der Waals surface area contributed by atoms with Gasteiger partial charge >= 0.3 is 5.97 Å². The zero-order valence-electron chi connectivity index (χ0n) is 13.1. The summed E-state index contributed by atoms with van der Waals surface area (Å²) in [7, 11) is 0. The van der Waals surface area contributed by atoms with Crippen molar-refractivity contribution in [2.45, 2.75) is 63.3 Å². The van der Waals surface area contributed by atoms with Crippen LogP contribution in [-0.4, -0.2) is 76.2 Å². The third kappa shape index (κ3) is 6.80. The number of nitrogens with one attached hydrogen (secondary N) is 1. The molecule has 0 aromatic rings. The molecule has 1 heterocycles. The van der Waals surface area contributed by atoms with E-state index in [0.717, 1.165) is 0 Å². The van der Waals surface area contributed by atoms with Crippen LogP contribution in [0.5, 0.6) is 0 Å². The lowest BCUT2D eigenvalue weighted by atomic mass is 10.0. The molecule has 1 aliphatic rings. The summed E-state index contributed by atoms with van der Waals surface area (Å²) in [6.07, 6.45) is -4.45. The molecule has 5 unspecified atom stereocenters. The standard InChI is InChI=1S/C14H25NO8/c1-8-11(19)12(20)13(21)14(23-8)22-7-6-15-9(16)4-2-3-5-10(17)18/h8,11-14,19-21H,2-7H2,1H3,(H,15,16)(H,17,18). The maximum atomic E-state index is 11.5. The number of aliphatic hydroxyl groups excluding tert-OH is 3. The van der Waals surface area contributed by atoms with Crippen LogP contribution in [0.3, 0.4) is 0 Å². The summed E-state index contributed by atoms with van der Waals surface area (Å²) in [6, 6.07) is 0. The number of carbonyl (C=O) groups is 2. The van der Waals surface area contributed by atoms with Crippen LogP contribution in [-0.2, 0) is 19.1 Å². The summed E-state index contributed by atoms with van der Waals surface area (Å²) >= 11 is 0. The molecule has 5 N–H and O–H groups in total. The molecule has 0 spiro atoms. The summed E-state index contributed by atoms with van der Waals surface area (Å²) in [6.45, 7) is 1.81. The van der Waals surface area contributed by atoms with Gasteiger partial charge < -0.3 is 35.2 Å². The van der Waals surface area contributed by atoms with E-state index in [1.165, 1.54) is 0 Å². The normalized spacial score (nSPS) is 30.9. The molecule has 0 aliphatic carbocycles. The van der Waals surface area contributed by atoms with E-state index in [-0.39, 0.29) is 31.9 Å². The van der Waals surface area contributed by atoms with Crippen molar-refractivity contribution in [1.82, 2.24) is 5.32 Å². The van der Waals surface area contributed by atoms with Crippen LogP contribution in [0.1, 0.15) is 32.6 Å². The molecule has 1 fully saturated rings. The first-order valence-corrected chi connectivity index (χ1v) is 7.62. The fourth-order valence-electron chi connectivity index (χ4n) is 2.17. The zero-order chi connectivity index (χ0) is 17.4. The minimum Gasteiger partial charge on any atom is -0.481 e. The molecule has 9 heteroatoms. The third-order valence-corrected chi connectivity index (χ3v) is 3.56. The van der Waals surface area contributed by atoms with Crippen molar-refractivity contribution in [3.8, 4) is 0 Å². The van der Waals surface area contributed by atoms with Crippen LogP contribution < -0.4 is 5.32 Å². The second-order valence-corrected chi connectivity index (χ2v) is 5.50. The predicted octanol–water partition coefficient (Wildman–Crippen LogP) is -1.41. The van der Waals surface area contributed by atoms with E-state index in [4.69, 9.17) is 14.6 Å². The number of ether oxygens (including phenoxy) is 2. The minimum atomic E-state index is -1.37. The molecule has 5 atom stereocenters. The summed E-state index contributed by atoms with van der Waals surface area (Å²) < 4.78 is 10.5. The van der Waals surface area contributed by atoms with E-state index in [0.29, 0.717) is 12.8 Å². The Morgan fingerprint density at radius 2 is 1.74 bits per heavy atom. The van der Waals surface area contributed by atoms with Gasteiger partial charge in [0.2, 0.25) is 5.91 Å². The van der Waals surface area contributed by atoms with E-state index in [2.05, 4.69) is 5.32 Å². The molecule has 1 rings (SSSR count). The maximum Gasteiger partial charge on any atom is 0.303 e. The van der Waals surface area contributed by atoms with E-state index in [1.807, 2.05) is 0 Å². The second-order valence-electron chi connectivity index (χ2n) is 5.50. The Morgan fingerprint density at radius 1 is 1.09 bits per heavy atom. The Bertz CT molecular complexity index is 391. The van der Waals surface area contributed by atoms with Crippen molar-refractivity contribution < 1.29 is 39.5 Å². The van der Waals surface area contributed by atoms with E-state index in [1.54, 1.807) is 6.92 Å². The average molecular weight is 335 g/mol. The van der Waals surface area contributed by atoms with Crippen LogP contribution >= 0.6 is 0 Å². The topological polar surface area (TPSA) is 146 Å². The van der Waals surface area contributed by atoms with E-state index < -0.39 is 36.7 Å². The van der Waals surface area contributed by atoms with Gasteiger partial charge in [0.1, 0.15) is 18.3 Å². The first-order valence-electron chi connectivity index (χ1n) is 7.62. The molecule has 1 aliphatic heterocycles. The van der Waals surface area contributed by atoms with Gasteiger partial charge in [-0.3, -0.25) is 9.59 Å². The number of aliphatic hydroxyl groups is 3. The number of rotatable bonds is 9. The molecule has 0 saturated carbocycles. The molecule has 9 nitrogen and oxygen atoms in total. The van der Waals surface area contributed by atoms with Crippen molar-refractivity contribution in [3.63, 3.8) is 0 Å². The van der Waals surface area contributed by atoms with Crippen LogP contribution in [0, 0.1) is 0 Å². The Kier molecular flexibility index (Phi) is 8.42. The van der Waals surface area contributed by atoms with Gasteiger partial charge in [0.25, 0.3) is 0 Å². The molecular weight excluding hydrogens is 310 g/mol. The van der Waals surface area contributed by atoms with Crippen molar-refractivity contribution >= 4 is 11.9 Å².